The number of carbonyl (C=O) groups excluding carboxylic acids is 1. The molecule has 3 rings (SSSR count). The van der Waals surface area contributed by atoms with Crippen LogP contribution in [0.2, 0.25) is 0 Å². The van der Waals surface area contributed by atoms with Crippen LogP contribution in [-0.2, 0) is 4.79 Å². The molecule has 0 fully saturated rings. The Labute approximate surface area is 103 Å². The molecule has 1 aromatic carbocycles. The number of nitrogens with one attached hydrogen (secondary N) is 2. The second-order valence-electron chi connectivity index (χ2n) is 4.16. The van der Waals surface area contributed by atoms with Gasteiger partial charge in [-0.15, -0.1) is 0 Å². The van der Waals surface area contributed by atoms with Gasteiger partial charge in [0.1, 0.15) is 11.6 Å². The molecule has 6 heteroatoms. The summed E-state index contributed by atoms with van der Waals surface area (Å²) in [5, 5.41) is 9.34. The molecule has 18 heavy (non-hydrogen) atoms. The molecular weight excluding hydrogens is 232 g/mol. The summed E-state index contributed by atoms with van der Waals surface area (Å²) >= 11 is 0. The minimum absolute atomic E-state index is 0.153. The van der Waals surface area contributed by atoms with E-state index in [2.05, 4.69) is 15.5 Å². The zero-order chi connectivity index (χ0) is 12.7. The number of amides is 1. The predicted octanol–water partition coefficient (Wildman–Crippen LogP) is 1.38. The van der Waals surface area contributed by atoms with Crippen LogP contribution in [0.1, 0.15) is 6.92 Å². The van der Waals surface area contributed by atoms with E-state index in [4.69, 9.17) is 10.5 Å². The van der Waals surface area contributed by atoms with Crippen molar-refractivity contribution in [3.05, 3.63) is 24.4 Å². The Morgan fingerprint density at radius 1 is 1.44 bits per heavy atom. The molecule has 0 saturated heterocycles. The van der Waals surface area contributed by atoms with E-state index >= 15 is 0 Å². The maximum absolute atomic E-state index is 11.5. The van der Waals surface area contributed by atoms with E-state index in [-0.39, 0.29) is 5.91 Å². The molecular formula is C12H12N4O2. The smallest absolute Gasteiger partial charge is 0.265 e. The van der Waals surface area contributed by atoms with Gasteiger partial charge in [-0.2, -0.15) is 5.10 Å². The van der Waals surface area contributed by atoms with E-state index < -0.39 is 6.10 Å². The van der Waals surface area contributed by atoms with Gasteiger partial charge in [-0.1, -0.05) is 6.07 Å². The van der Waals surface area contributed by atoms with Crippen LogP contribution < -0.4 is 15.8 Å². The molecule has 6 nitrogen and oxygen atoms in total. The average molecular weight is 244 g/mol. The highest BCUT2D eigenvalue weighted by molar-refractivity contribution is 5.98. The fourth-order valence-corrected chi connectivity index (χ4v) is 1.90. The van der Waals surface area contributed by atoms with Crippen molar-refractivity contribution in [2.24, 2.45) is 0 Å². The first kappa shape index (κ1) is 10.6. The molecule has 0 saturated carbocycles. The third-order valence-electron chi connectivity index (χ3n) is 2.89. The molecule has 0 aliphatic carbocycles. The number of nitrogens with zero attached hydrogens (tertiary/aromatic N) is 1. The molecule has 0 bridgehead atoms. The van der Waals surface area contributed by atoms with Gasteiger partial charge in [0.25, 0.3) is 5.91 Å². The number of aromatic nitrogens is 2. The standard InChI is InChI=1S/C12H12N4O2/c1-6-12(17)15-9-4-7(2-3-10(9)18-6)8-5-14-16-11(8)13/h2-6H,1H3,(H,15,17)(H3,13,14,16). The number of nitrogen functional groups attached to an aromatic ring is 1. The summed E-state index contributed by atoms with van der Waals surface area (Å²) in [6, 6.07) is 5.51. The molecule has 1 aliphatic heterocycles. The molecule has 1 aromatic heterocycles. The number of anilines is 2. The Kier molecular flexibility index (Phi) is 2.22. The van der Waals surface area contributed by atoms with Crippen LogP contribution in [0.4, 0.5) is 11.5 Å². The van der Waals surface area contributed by atoms with E-state index in [1.54, 1.807) is 13.1 Å². The second-order valence-corrected chi connectivity index (χ2v) is 4.16. The largest absolute Gasteiger partial charge is 0.479 e. The van der Waals surface area contributed by atoms with E-state index in [0.29, 0.717) is 17.3 Å². The summed E-state index contributed by atoms with van der Waals surface area (Å²) in [5.41, 5.74) is 8.08. The average Bonchev–Trinajstić information content (AvgIpc) is 2.76. The number of carbonyl (C=O) groups is 1. The normalized spacial score (nSPS) is 17.8. The number of rotatable bonds is 1. The zero-order valence-corrected chi connectivity index (χ0v) is 9.73. The van der Waals surface area contributed by atoms with Crippen LogP contribution in [0.25, 0.3) is 11.1 Å². The van der Waals surface area contributed by atoms with Crippen molar-refractivity contribution in [3.8, 4) is 16.9 Å². The van der Waals surface area contributed by atoms with Crippen LogP contribution in [0.15, 0.2) is 24.4 Å². The lowest BCUT2D eigenvalue weighted by Crippen LogP contribution is -2.34. The lowest BCUT2D eigenvalue weighted by molar-refractivity contribution is -0.122. The van der Waals surface area contributed by atoms with Gasteiger partial charge < -0.3 is 15.8 Å². The maximum Gasteiger partial charge on any atom is 0.265 e. The van der Waals surface area contributed by atoms with E-state index in [0.717, 1.165) is 11.1 Å². The number of nitrogens with two attached hydrogens (primary N) is 1. The predicted molar refractivity (Wildman–Crippen MR) is 67.2 cm³/mol. The SMILES string of the molecule is CC1Oc2ccc(-c3cn[nH]c3N)cc2NC1=O. The molecule has 2 aromatic rings. The van der Waals surface area contributed by atoms with Crippen molar-refractivity contribution in [3.63, 3.8) is 0 Å². The fourth-order valence-electron chi connectivity index (χ4n) is 1.90. The number of H-pyrrole nitrogens is 1. The minimum Gasteiger partial charge on any atom is -0.479 e. The van der Waals surface area contributed by atoms with Gasteiger partial charge in [0.15, 0.2) is 6.10 Å². The lowest BCUT2D eigenvalue weighted by Gasteiger charge is -2.23. The second kappa shape index (κ2) is 3.76. The first-order chi connectivity index (χ1) is 8.65. The number of hydrogen-bond donors (Lipinski definition) is 3. The lowest BCUT2D eigenvalue weighted by atomic mass is 10.1. The van der Waals surface area contributed by atoms with Crippen molar-refractivity contribution >= 4 is 17.4 Å². The van der Waals surface area contributed by atoms with Crippen molar-refractivity contribution in [1.82, 2.24) is 10.2 Å². The number of ether oxygens (including phenoxy) is 1. The minimum atomic E-state index is -0.470. The number of aromatic amines is 1. The third-order valence-corrected chi connectivity index (χ3v) is 2.89. The molecule has 0 radical (unpaired) electrons. The zero-order valence-electron chi connectivity index (χ0n) is 9.73. The molecule has 1 atom stereocenters. The van der Waals surface area contributed by atoms with Gasteiger partial charge in [0, 0.05) is 5.56 Å². The molecule has 92 valence electrons. The van der Waals surface area contributed by atoms with Crippen molar-refractivity contribution in [1.29, 1.82) is 0 Å². The quantitative estimate of drug-likeness (QED) is 0.706. The van der Waals surface area contributed by atoms with Crippen LogP contribution in [0.5, 0.6) is 5.75 Å². The Balaban J connectivity index is 2.04. The molecule has 4 N–H and O–H groups in total. The molecule has 1 amide bonds. The molecule has 1 aliphatic rings. The Morgan fingerprint density at radius 2 is 2.28 bits per heavy atom. The highest BCUT2D eigenvalue weighted by Crippen LogP contribution is 2.35. The maximum atomic E-state index is 11.5. The van der Waals surface area contributed by atoms with Crippen molar-refractivity contribution in [2.75, 3.05) is 11.1 Å². The van der Waals surface area contributed by atoms with Crippen LogP contribution in [0.3, 0.4) is 0 Å². The fraction of sp³-hybridized carbons (Fsp3) is 0.167. The number of hydrogen-bond acceptors (Lipinski definition) is 4. The van der Waals surface area contributed by atoms with E-state index in [9.17, 15) is 4.79 Å². The van der Waals surface area contributed by atoms with E-state index in [1.165, 1.54) is 0 Å². The summed E-state index contributed by atoms with van der Waals surface area (Å²) in [5.74, 6) is 0.999. The van der Waals surface area contributed by atoms with Crippen molar-refractivity contribution in [2.45, 2.75) is 13.0 Å². The topological polar surface area (TPSA) is 93.0 Å². The first-order valence-electron chi connectivity index (χ1n) is 5.56. The van der Waals surface area contributed by atoms with Gasteiger partial charge in [-0.3, -0.25) is 9.89 Å². The Hall–Kier alpha value is -2.50. The highest BCUT2D eigenvalue weighted by Gasteiger charge is 2.23. The van der Waals surface area contributed by atoms with Gasteiger partial charge in [0.05, 0.1) is 11.9 Å². The third kappa shape index (κ3) is 1.58. The molecule has 1 unspecified atom stereocenters. The van der Waals surface area contributed by atoms with Crippen LogP contribution in [-0.4, -0.2) is 22.2 Å². The van der Waals surface area contributed by atoms with Crippen LogP contribution in [0, 0.1) is 0 Å². The Bertz CT molecular complexity index is 620. The Morgan fingerprint density at radius 3 is 3.00 bits per heavy atom. The van der Waals surface area contributed by atoms with Crippen molar-refractivity contribution < 1.29 is 9.53 Å². The summed E-state index contributed by atoms with van der Waals surface area (Å²) in [6.07, 6.45) is 1.17. The van der Waals surface area contributed by atoms with Crippen LogP contribution >= 0.6 is 0 Å². The van der Waals surface area contributed by atoms with Gasteiger partial charge in [-0.25, -0.2) is 0 Å². The first-order valence-corrected chi connectivity index (χ1v) is 5.56. The summed E-state index contributed by atoms with van der Waals surface area (Å²) in [6.45, 7) is 1.71. The van der Waals surface area contributed by atoms with Gasteiger partial charge in [0.2, 0.25) is 0 Å². The summed E-state index contributed by atoms with van der Waals surface area (Å²) in [4.78, 5) is 11.5. The number of benzene rings is 1. The molecule has 0 spiro atoms. The number of fused-ring (bicyclic) bond motifs is 1. The van der Waals surface area contributed by atoms with E-state index in [1.807, 2.05) is 18.2 Å². The highest BCUT2D eigenvalue weighted by atomic mass is 16.5. The monoisotopic (exact) mass is 244 g/mol. The van der Waals surface area contributed by atoms with Gasteiger partial charge >= 0.3 is 0 Å². The molecule has 2 heterocycles. The summed E-state index contributed by atoms with van der Waals surface area (Å²) < 4.78 is 5.48. The van der Waals surface area contributed by atoms with Gasteiger partial charge in [-0.05, 0) is 24.6 Å². The summed E-state index contributed by atoms with van der Waals surface area (Å²) in [7, 11) is 0.